The molecule has 1 aromatic rings. The third-order valence-corrected chi connectivity index (χ3v) is 3.96. The van der Waals surface area contributed by atoms with Crippen LogP contribution in [0.25, 0.3) is 0 Å². The summed E-state index contributed by atoms with van der Waals surface area (Å²) in [6, 6.07) is 7.21. The Morgan fingerprint density at radius 3 is 2.73 bits per heavy atom. The molecule has 0 spiro atoms. The first kappa shape index (κ1) is 13.1. The SMILES string of the molecule is O=S(=O)(CCCCl)Nc1cccc(I)c1. The zero-order chi connectivity index (χ0) is 11.3. The van der Waals surface area contributed by atoms with Gasteiger partial charge in [-0.05, 0) is 47.2 Å². The van der Waals surface area contributed by atoms with Gasteiger partial charge in [0, 0.05) is 15.1 Å². The molecule has 1 N–H and O–H groups in total. The van der Waals surface area contributed by atoms with E-state index >= 15 is 0 Å². The van der Waals surface area contributed by atoms with Crippen molar-refractivity contribution in [1.29, 1.82) is 0 Å². The fourth-order valence-electron chi connectivity index (χ4n) is 1.03. The minimum absolute atomic E-state index is 0.0575. The Morgan fingerprint density at radius 2 is 2.13 bits per heavy atom. The third kappa shape index (κ3) is 5.03. The monoisotopic (exact) mass is 359 g/mol. The lowest BCUT2D eigenvalue weighted by Gasteiger charge is -2.07. The van der Waals surface area contributed by atoms with Crippen LogP contribution in [-0.4, -0.2) is 20.1 Å². The largest absolute Gasteiger partial charge is 0.284 e. The highest BCUT2D eigenvalue weighted by atomic mass is 127. The van der Waals surface area contributed by atoms with Crippen LogP contribution in [0.1, 0.15) is 6.42 Å². The van der Waals surface area contributed by atoms with Gasteiger partial charge in [0.15, 0.2) is 0 Å². The quantitative estimate of drug-likeness (QED) is 0.649. The minimum Gasteiger partial charge on any atom is -0.284 e. The standard InChI is InChI=1S/C9H11ClINO2S/c10-5-2-6-15(13,14)12-9-4-1-3-8(11)7-9/h1,3-4,7,12H,2,5-6H2. The van der Waals surface area contributed by atoms with Gasteiger partial charge >= 0.3 is 0 Å². The molecular weight excluding hydrogens is 349 g/mol. The van der Waals surface area contributed by atoms with Gasteiger partial charge in [-0.15, -0.1) is 11.6 Å². The summed E-state index contributed by atoms with van der Waals surface area (Å²) >= 11 is 7.57. The first-order chi connectivity index (χ1) is 7.03. The highest BCUT2D eigenvalue weighted by Gasteiger charge is 2.09. The van der Waals surface area contributed by atoms with E-state index in [-0.39, 0.29) is 5.75 Å². The van der Waals surface area contributed by atoms with Crippen molar-refractivity contribution in [3.63, 3.8) is 0 Å². The predicted molar refractivity (Wildman–Crippen MR) is 71.9 cm³/mol. The normalized spacial score (nSPS) is 11.3. The molecular formula is C9H11ClINO2S. The number of nitrogens with one attached hydrogen (secondary N) is 1. The zero-order valence-corrected chi connectivity index (χ0v) is 11.6. The summed E-state index contributed by atoms with van der Waals surface area (Å²) in [4.78, 5) is 0. The van der Waals surface area contributed by atoms with Gasteiger partial charge in [-0.3, -0.25) is 4.72 Å². The summed E-state index contributed by atoms with van der Waals surface area (Å²) in [5.41, 5.74) is 0.594. The number of alkyl halides is 1. The van der Waals surface area contributed by atoms with E-state index in [9.17, 15) is 8.42 Å². The molecule has 1 rings (SSSR count). The van der Waals surface area contributed by atoms with Gasteiger partial charge in [0.1, 0.15) is 0 Å². The van der Waals surface area contributed by atoms with E-state index in [4.69, 9.17) is 11.6 Å². The fraction of sp³-hybridized carbons (Fsp3) is 0.333. The molecule has 6 heteroatoms. The predicted octanol–water partition coefficient (Wildman–Crippen LogP) is 2.66. The number of anilines is 1. The van der Waals surface area contributed by atoms with Crippen LogP contribution in [0, 0.1) is 3.57 Å². The Kier molecular flexibility index (Phi) is 5.14. The Balaban J connectivity index is 2.69. The van der Waals surface area contributed by atoms with Gasteiger partial charge in [0.25, 0.3) is 0 Å². The Labute approximate surface area is 108 Å². The van der Waals surface area contributed by atoms with Crippen molar-refractivity contribution in [2.24, 2.45) is 0 Å². The lowest BCUT2D eigenvalue weighted by atomic mass is 10.3. The van der Waals surface area contributed by atoms with Crippen LogP contribution < -0.4 is 4.72 Å². The number of hydrogen-bond donors (Lipinski definition) is 1. The zero-order valence-electron chi connectivity index (χ0n) is 7.91. The third-order valence-electron chi connectivity index (χ3n) is 1.64. The summed E-state index contributed by atoms with van der Waals surface area (Å²) in [7, 11) is -3.25. The van der Waals surface area contributed by atoms with Gasteiger partial charge in [-0.25, -0.2) is 8.42 Å². The van der Waals surface area contributed by atoms with Gasteiger partial charge < -0.3 is 0 Å². The number of rotatable bonds is 5. The maximum Gasteiger partial charge on any atom is 0.232 e. The van der Waals surface area contributed by atoms with Crippen molar-refractivity contribution in [1.82, 2.24) is 0 Å². The van der Waals surface area contributed by atoms with Crippen LogP contribution in [-0.2, 0) is 10.0 Å². The van der Waals surface area contributed by atoms with Crippen molar-refractivity contribution in [2.75, 3.05) is 16.4 Å². The molecule has 0 heterocycles. The van der Waals surface area contributed by atoms with E-state index in [0.29, 0.717) is 18.0 Å². The highest BCUT2D eigenvalue weighted by Crippen LogP contribution is 2.14. The molecule has 0 amide bonds. The Bertz CT molecular complexity index is 422. The summed E-state index contributed by atoms with van der Waals surface area (Å²) in [5, 5.41) is 0. The van der Waals surface area contributed by atoms with E-state index in [2.05, 4.69) is 27.3 Å². The van der Waals surface area contributed by atoms with Crippen LogP contribution >= 0.6 is 34.2 Å². The number of hydrogen-bond acceptors (Lipinski definition) is 2. The second kappa shape index (κ2) is 5.91. The van der Waals surface area contributed by atoms with Crippen molar-refractivity contribution in [3.8, 4) is 0 Å². The average Bonchev–Trinajstić information content (AvgIpc) is 2.14. The molecule has 0 aliphatic heterocycles. The molecule has 0 fully saturated rings. The maximum atomic E-state index is 11.5. The molecule has 15 heavy (non-hydrogen) atoms. The molecule has 0 unspecified atom stereocenters. The molecule has 0 saturated carbocycles. The van der Waals surface area contributed by atoms with Crippen molar-refractivity contribution in [2.45, 2.75) is 6.42 Å². The molecule has 1 aromatic carbocycles. The molecule has 0 aliphatic carbocycles. The minimum atomic E-state index is -3.25. The van der Waals surface area contributed by atoms with Gasteiger partial charge in [0.2, 0.25) is 10.0 Å². The molecule has 0 radical (unpaired) electrons. The maximum absolute atomic E-state index is 11.5. The van der Waals surface area contributed by atoms with E-state index < -0.39 is 10.0 Å². The van der Waals surface area contributed by atoms with Crippen molar-refractivity contribution >= 4 is 49.9 Å². The molecule has 0 bridgehead atoms. The van der Waals surface area contributed by atoms with Crippen LogP contribution in [0.4, 0.5) is 5.69 Å². The average molecular weight is 360 g/mol. The summed E-state index contributed by atoms with van der Waals surface area (Å²) < 4.78 is 26.5. The molecule has 0 atom stereocenters. The van der Waals surface area contributed by atoms with E-state index in [1.807, 2.05) is 6.07 Å². The van der Waals surface area contributed by atoms with Crippen LogP contribution in [0.15, 0.2) is 24.3 Å². The van der Waals surface area contributed by atoms with Gasteiger partial charge in [0.05, 0.1) is 5.75 Å². The Hall–Kier alpha value is -0.0100. The number of halogens is 2. The number of sulfonamides is 1. The van der Waals surface area contributed by atoms with E-state index in [1.165, 1.54) is 0 Å². The molecule has 0 saturated heterocycles. The van der Waals surface area contributed by atoms with Crippen molar-refractivity contribution in [3.05, 3.63) is 27.8 Å². The fourth-order valence-corrected chi connectivity index (χ4v) is 2.97. The van der Waals surface area contributed by atoms with E-state index in [1.54, 1.807) is 18.2 Å². The number of benzene rings is 1. The second-order valence-corrected chi connectivity index (χ2v) is 6.44. The van der Waals surface area contributed by atoms with Crippen LogP contribution in [0.3, 0.4) is 0 Å². The smallest absolute Gasteiger partial charge is 0.232 e. The first-order valence-corrected chi connectivity index (χ1v) is 7.62. The second-order valence-electron chi connectivity index (χ2n) is 2.97. The molecule has 0 aliphatic rings. The molecule has 3 nitrogen and oxygen atoms in total. The van der Waals surface area contributed by atoms with Crippen LogP contribution in [0.2, 0.25) is 0 Å². The first-order valence-electron chi connectivity index (χ1n) is 4.35. The lowest BCUT2D eigenvalue weighted by Crippen LogP contribution is -2.16. The van der Waals surface area contributed by atoms with Gasteiger partial charge in [-0.1, -0.05) is 6.07 Å². The van der Waals surface area contributed by atoms with E-state index in [0.717, 1.165) is 3.57 Å². The topological polar surface area (TPSA) is 46.2 Å². The Morgan fingerprint density at radius 1 is 1.40 bits per heavy atom. The summed E-state index contributed by atoms with van der Waals surface area (Å²) in [5.74, 6) is 0.412. The van der Waals surface area contributed by atoms with Crippen molar-refractivity contribution < 1.29 is 8.42 Å². The lowest BCUT2D eigenvalue weighted by molar-refractivity contribution is 0.600. The summed E-state index contributed by atoms with van der Waals surface area (Å²) in [6.07, 6.45) is 0.459. The van der Waals surface area contributed by atoms with Gasteiger partial charge in [-0.2, -0.15) is 0 Å². The van der Waals surface area contributed by atoms with Crippen LogP contribution in [0.5, 0.6) is 0 Å². The molecule has 84 valence electrons. The highest BCUT2D eigenvalue weighted by molar-refractivity contribution is 14.1. The summed E-state index contributed by atoms with van der Waals surface area (Å²) in [6.45, 7) is 0. The molecule has 0 aromatic heterocycles.